The second-order valence-electron chi connectivity index (χ2n) is 9.39. The van der Waals surface area contributed by atoms with Crippen molar-refractivity contribution >= 4 is 39.1 Å². The maximum absolute atomic E-state index is 14.1. The summed E-state index contributed by atoms with van der Waals surface area (Å²) < 4.78 is 34.3. The van der Waals surface area contributed by atoms with Crippen molar-refractivity contribution in [3.8, 4) is 5.75 Å². The van der Waals surface area contributed by atoms with Crippen LogP contribution in [-0.4, -0.2) is 50.9 Å². The van der Waals surface area contributed by atoms with Crippen LogP contribution in [0.4, 0.5) is 5.69 Å². The number of carbonyl (C=O) groups is 2. The Balaban J connectivity index is 2.08. The first-order chi connectivity index (χ1) is 19.1. The third kappa shape index (κ3) is 7.55. The Morgan fingerprint density at radius 3 is 2.15 bits per heavy atom. The van der Waals surface area contributed by atoms with E-state index in [0.29, 0.717) is 17.2 Å². The number of nitrogens with one attached hydrogen (secondary N) is 1. The van der Waals surface area contributed by atoms with Crippen LogP contribution in [-0.2, 0) is 26.2 Å². The third-order valence-corrected chi connectivity index (χ3v) is 8.64. The van der Waals surface area contributed by atoms with Crippen molar-refractivity contribution in [2.75, 3.05) is 18.0 Å². The molecule has 10 heteroatoms. The van der Waals surface area contributed by atoms with Crippen molar-refractivity contribution in [1.29, 1.82) is 0 Å². The van der Waals surface area contributed by atoms with Gasteiger partial charge in [-0.25, -0.2) is 8.42 Å². The fourth-order valence-corrected chi connectivity index (χ4v) is 5.79. The summed E-state index contributed by atoms with van der Waals surface area (Å²) in [4.78, 5) is 28.9. The lowest BCUT2D eigenvalue weighted by Crippen LogP contribution is -2.53. The first-order valence-electron chi connectivity index (χ1n) is 13.2. The molecule has 2 amide bonds. The molecule has 0 bridgehead atoms. The van der Waals surface area contributed by atoms with E-state index >= 15 is 0 Å². The summed E-state index contributed by atoms with van der Waals surface area (Å²) in [5, 5.41) is 3.51. The van der Waals surface area contributed by atoms with Crippen molar-refractivity contribution in [1.82, 2.24) is 10.2 Å². The largest absolute Gasteiger partial charge is 0.495 e. The Bertz CT molecular complexity index is 1380. The van der Waals surface area contributed by atoms with E-state index in [1.807, 2.05) is 20.8 Å². The molecule has 1 N–H and O–H groups in total. The highest BCUT2D eigenvalue weighted by atomic mass is 35.5. The topological polar surface area (TPSA) is 96.0 Å². The van der Waals surface area contributed by atoms with Gasteiger partial charge in [0, 0.05) is 17.6 Å². The van der Waals surface area contributed by atoms with Gasteiger partial charge in [-0.3, -0.25) is 13.9 Å². The number of sulfonamides is 1. The fraction of sp³-hybridized carbons (Fsp3) is 0.333. The SMILES string of the molecule is CC[C@@H](C)NC(=O)[C@@H](CC)N(Cc1ccc(Cl)cc1)C(=O)CN(c1ccccc1OC)S(=O)(=O)c1ccccc1. The van der Waals surface area contributed by atoms with E-state index in [2.05, 4.69) is 5.32 Å². The number of benzene rings is 3. The number of carbonyl (C=O) groups excluding carboxylic acids is 2. The molecule has 3 aromatic carbocycles. The number of rotatable bonds is 13. The average molecular weight is 586 g/mol. The molecule has 0 saturated heterocycles. The molecule has 0 spiro atoms. The summed E-state index contributed by atoms with van der Waals surface area (Å²) in [6, 6.07) is 20.6. The van der Waals surface area contributed by atoms with E-state index < -0.39 is 28.5 Å². The molecule has 3 aromatic rings. The van der Waals surface area contributed by atoms with Gasteiger partial charge in [0.1, 0.15) is 18.3 Å². The number of halogens is 1. The smallest absolute Gasteiger partial charge is 0.264 e. The molecule has 0 aromatic heterocycles. The molecule has 214 valence electrons. The Morgan fingerprint density at radius 2 is 1.55 bits per heavy atom. The zero-order valence-corrected chi connectivity index (χ0v) is 24.8. The summed E-state index contributed by atoms with van der Waals surface area (Å²) in [5.41, 5.74) is 0.966. The van der Waals surface area contributed by atoms with E-state index in [9.17, 15) is 18.0 Å². The lowest BCUT2D eigenvalue weighted by Gasteiger charge is -2.34. The van der Waals surface area contributed by atoms with Crippen LogP contribution in [0.15, 0.2) is 83.8 Å². The molecule has 0 aliphatic rings. The van der Waals surface area contributed by atoms with Gasteiger partial charge in [0.05, 0.1) is 17.7 Å². The zero-order valence-electron chi connectivity index (χ0n) is 23.2. The van der Waals surface area contributed by atoms with Crippen LogP contribution in [0.2, 0.25) is 5.02 Å². The van der Waals surface area contributed by atoms with Gasteiger partial charge in [-0.2, -0.15) is 0 Å². The number of ether oxygens (including phenoxy) is 1. The number of methoxy groups -OCH3 is 1. The predicted octanol–water partition coefficient (Wildman–Crippen LogP) is 5.27. The normalized spacial score (nSPS) is 12.7. The highest BCUT2D eigenvalue weighted by Gasteiger charge is 2.34. The zero-order chi connectivity index (χ0) is 29.3. The number of amides is 2. The first-order valence-corrected chi connectivity index (χ1v) is 15.0. The first kappa shape index (κ1) is 31.0. The molecule has 0 aliphatic heterocycles. The Labute approximate surface area is 241 Å². The van der Waals surface area contributed by atoms with Gasteiger partial charge in [-0.05, 0) is 61.7 Å². The van der Waals surface area contributed by atoms with Crippen LogP contribution in [0.25, 0.3) is 0 Å². The second kappa shape index (κ2) is 14.2. The number of anilines is 1. The maximum Gasteiger partial charge on any atom is 0.264 e. The van der Waals surface area contributed by atoms with Crippen molar-refractivity contribution < 1.29 is 22.7 Å². The number of hydrogen-bond donors (Lipinski definition) is 1. The van der Waals surface area contributed by atoms with Gasteiger partial charge in [0.15, 0.2) is 0 Å². The predicted molar refractivity (Wildman–Crippen MR) is 158 cm³/mol. The quantitative estimate of drug-likeness (QED) is 0.295. The lowest BCUT2D eigenvalue weighted by atomic mass is 10.1. The van der Waals surface area contributed by atoms with Gasteiger partial charge in [-0.1, -0.05) is 67.9 Å². The molecule has 0 unspecified atom stereocenters. The van der Waals surface area contributed by atoms with Gasteiger partial charge in [0.25, 0.3) is 10.0 Å². The molecule has 0 aliphatic carbocycles. The molecular formula is C30H36ClN3O5S. The van der Waals surface area contributed by atoms with Gasteiger partial charge in [0.2, 0.25) is 11.8 Å². The molecule has 0 radical (unpaired) electrons. The van der Waals surface area contributed by atoms with Gasteiger partial charge < -0.3 is 15.0 Å². The molecule has 40 heavy (non-hydrogen) atoms. The maximum atomic E-state index is 14.1. The van der Waals surface area contributed by atoms with Crippen molar-refractivity contribution in [2.45, 2.75) is 57.1 Å². The van der Waals surface area contributed by atoms with E-state index in [0.717, 1.165) is 16.3 Å². The summed E-state index contributed by atoms with van der Waals surface area (Å²) in [5.74, 6) is -0.541. The highest BCUT2D eigenvalue weighted by Crippen LogP contribution is 2.32. The highest BCUT2D eigenvalue weighted by molar-refractivity contribution is 7.92. The summed E-state index contributed by atoms with van der Waals surface area (Å²) >= 11 is 6.07. The third-order valence-electron chi connectivity index (χ3n) is 6.62. The standard InChI is InChI=1S/C30H36ClN3O5S/c1-5-22(3)32-30(36)26(6-2)33(20-23-16-18-24(31)19-17-23)29(35)21-34(27-14-10-11-15-28(27)39-4)40(37,38)25-12-8-7-9-13-25/h7-19,22,26H,5-6,20-21H2,1-4H3,(H,32,36)/t22-,26-/m1/s1. The van der Waals surface area contributed by atoms with E-state index in [1.165, 1.54) is 24.1 Å². The van der Waals surface area contributed by atoms with E-state index in [4.69, 9.17) is 16.3 Å². The Hall–Kier alpha value is -3.56. The molecule has 0 heterocycles. The van der Waals surface area contributed by atoms with Crippen LogP contribution in [0.3, 0.4) is 0 Å². The lowest BCUT2D eigenvalue weighted by molar-refractivity contribution is -0.140. The minimum atomic E-state index is -4.18. The average Bonchev–Trinajstić information content (AvgIpc) is 2.96. The van der Waals surface area contributed by atoms with Crippen LogP contribution in [0, 0.1) is 0 Å². The van der Waals surface area contributed by atoms with Crippen LogP contribution >= 0.6 is 11.6 Å². The molecule has 0 saturated carbocycles. The molecule has 2 atom stereocenters. The molecule has 8 nitrogen and oxygen atoms in total. The second-order valence-corrected chi connectivity index (χ2v) is 11.7. The van der Waals surface area contributed by atoms with Gasteiger partial charge in [-0.15, -0.1) is 0 Å². The van der Waals surface area contributed by atoms with Crippen molar-refractivity contribution in [2.24, 2.45) is 0 Å². The van der Waals surface area contributed by atoms with Crippen molar-refractivity contribution in [3.63, 3.8) is 0 Å². The van der Waals surface area contributed by atoms with Crippen LogP contribution < -0.4 is 14.4 Å². The minimum absolute atomic E-state index is 0.0273. The molecule has 0 fully saturated rings. The van der Waals surface area contributed by atoms with Crippen LogP contribution in [0.1, 0.15) is 39.2 Å². The number of hydrogen-bond acceptors (Lipinski definition) is 5. The monoisotopic (exact) mass is 585 g/mol. The Kier molecular flexibility index (Phi) is 11.0. The Morgan fingerprint density at radius 1 is 0.925 bits per heavy atom. The van der Waals surface area contributed by atoms with Crippen LogP contribution in [0.5, 0.6) is 5.75 Å². The summed E-state index contributed by atoms with van der Waals surface area (Å²) in [6.45, 7) is 5.22. The molecular weight excluding hydrogens is 550 g/mol. The number of para-hydroxylation sites is 2. The number of nitrogens with zero attached hydrogens (tertiary/aromatic N) is 2. The summed E-state index contributed by atoms with van der Waals surface area (Å²) in [7, 11) is -2.74. The fourth-order valence-electron chi connectivity index (χ4n) is 4.22. The molecule has 3 rings (SSSR count). The van der Waals surface area contributed by atoms with Crippen molar-refractivity contribution in [3.05, 3.63) is 89.4 Å². The van der Waals surface area contributed by atoms with E-state index in [1.54, 1.807) is 66.7 Å². The van der Waals surface area contributed by atoms with E-state index in [-0.39, 0.29) is 29.1 Å². The summed E-state index contributed by atoms with van der Waals surface area (Å²) in [6.07, 6.45) is 1.06. The minimum Gasteiger partial charge on any atom is -0.495 e. The van der Waals surface area contributed by atoms with Gasteiger partial charge >= 0.3 is 0 Å².